The van der Waals surface area contributed by atoms with Crippen LogP contribution >= 0.6 is 0 Å². The number of hydrogen-bond donors (Lipinski definition) is 7. The molecule has 2 bridgehead atoms. The fourth-order valence-corrected chi connectivity index (χ4v) is 7.63. The van der Waals surface area contributed by atoms with E-state index in [-0.39, 0.29) is 63.1 Å². The van der Waals surface area contributed by atoms with E-state index in [1.807, 2.05) is 7.05 Å². The second-order valence-corrected chi connectivity index (χ2v) is 12.7. The number of carboxylic acid groups (broad SMARTS) is 2. The molecule has 1 saturated heterocycles. The van der Waals surface area contributed by atoms with Crippen LogP contribution in [0.1, 0.15) is 63.5 Å². The predicted molar refractivity (Wildman–Crippen MR) is 170 cm³/mol. The number of nitrogens with zero attached hydrogens (tertiary/aromatic N) is 1. The van der Waals surface area contributed by atoms with Crippen LogP contribution in [0.4, 0.5) is 0 Å². The van der Waals surface area contributed by atoms with Crippen LogP contribution in [0.15, 0.2) is 24.0 Å². The van der Waals surface area contributed by atoms with Gasteiger partial charge in [-0.25, -0.2) is 0 Å². The molecule has 2 aliphatic heterocycles. The molecule has 274 valence electrons. The van der Waals surface area contributed by atoms with Crippen molar-refractivity contribution in [2.24, 2.45) is 0 Å². The van der Waals surface area contributed by atoms with Crippen molar-refractivity contribution in [2.45, 2.75) is 94.2 Å². The lowest BCUT2D eigenvalue weighted by Crippen LogP contribution is -2.71. The third-order valence-electron chi connectivity index (χ3n) is 9.66. The van der Waals surface area contributed by atoms with Gasteiger partial charge in [-0.15, -0.1) is 0 Å². The normalized spacial score (nSPS) is 25.5. The Hall–Kier alpha value is -4.74. The highest BCUT2D eigenvalue weighted by Crippen LogP contribution is 2.66. The molecule has 2 amide bonds. The van der Waals surface area contributed by atoms with Gasteiger partial charge in [0.2, 0.25) is 11.8 Å². The Morgan fingerprint density at radius 1 is 0.980 bits per heavy atom. The van der Waals surface area contributed by atoms with Crippen LogP contribution in [-0.4, -0.2) is 123 Å². The fourth-order valence-electron chi connectivity index (χ4n) is 7.63. The minimum atomic E-state index is -1.79. The smallest absolute Gasteiger partial charge is 0.312 e. The van der Waals surface area contributed by atoms with Gasteiger partial charge in [0.05, 0.1) is 37.1 Å². The summed E-state index contributed by atoms with van der Waals surface area (Å²) in [6, 6.07) is 2.94. The first-order valence-electron chi connectivity index (χ1n) is 15.9. The molecule has 5 rings (SSSR count). The summed E-state index contributed by atoms with van der Waals surface area (Å²) in [5, 5.41) is 52.6. The predicted octanol–water partition coefficient (Wildman–Crippen LogP) is -0.526. The Morgan fingerprint density at radius 2 is 1.58 bits per heavy atom. The SMILES string of the molecule is C.CN1CCC[C@]23c4c5ccc(O)c4O[C@H]2C(OC(=O)CCNC(=O)[C@@H](O)CC(=O)O)=CC[C@@]3(OC(=O)CCNC(=O)[C@@H](O)CC(=O)O)[C@H]1C5. The molecule has 2 aliphatic carbocycles. The number of esters is 2. The van der Waals surface area contributed by atoms with E-state index < -0.39 is 77.9 Å². The number of phenolic OH excluding ortho intramolecular Hbond substituents is 1. The van der Waals surface area contributed by atoms with Gasteiger partial charge in [-0.3, -0.25) is 33.7 Å². The van der Waals surface area contributed by atoms with E-state index in [0.29, 0.717) is 31.4 Å². The first-order valence-corrected chi connectivity index (χ1v) is 15.9. The van der Waals surface area contributed by atoms with Gasteiger partial charge >= 0.3 is 23.9 Å². The monoisotopic (exact) mass is 705 g/mol. The number of phenols is 1. The number of carbonyl (C=O) groups excluding carboxylic acids is 4. The number of carbonyl (C=O) groups is 6. The number of likely N-dealkylation sites (tertiary alicyclic amines) is 1. The molecule has 0 unspecified atom stereocenters. The van der Waals surface area contributed by atoms with Gasteiger partial charge in [-0.1, -0.05) is 13.5 Å². The molecule has 1 fully saturated rings. The number of ether oxygens (including phenoxy) is 3. The van der Waals surface area contributed by atoms with Crippen LogP contribution in [0.3, 0.4) is 0 Å². The Morgan fingerprint density at radius 3 is 2.18 bits per heavy atom. The topological polar surface area (TPSA) is 259 Å². The minimum Gasteiger partial charge on any atom is -0.504 e. The molecular formula is C33H43N3O14. The first kappa shape index (κ1) is 38.1. The van der Waals surface area contributed by atoms with E-state index in [1.165, 1.54) is 6.07 Å². The zero-order valence-corrected chi connectivity index (χ0v) is 26.7. The number of aliphatic hydroxyl groups excluding tert-OH is 2. The summed E-state index contributed by atoms with van der Waals surface area (Å²) >= 11 is 0. The quantitative estimate of drug-likeness (QED) is 0.120. The molecule has 7 N–H and O–H groups in total. The lowest BCUT2D eigenvalue weighted by Gasteiger charge is -2.58. The van der Waals surface area contributed by atoms with Crippen molar-refractivity contribution in [2.75, 3.05) is 26.7 Å². The maximum atomic E-state index is 13.5. The van der Waals surface area contributed by atoms with Crippen molar-refractivity contribution < 1.29 is 68.5 Å². The van der Waals surface area contributed by atoms with Crippen LogP contribution in [-0.2, 0) is 50.1 Å². The lowest BCUT2D eigenvalue weighted by molar-refractivity contribution is -0.191. The average Bonchev–Trinajstić information content (AvgIpc) is 3.36. The third kappa shape index (κ3) is 6.97. The third-order valence-corrected chi connectivity index (χ3v) is 9.66. The zero-order chi connectivity index (χ0) is 35.7. The van der Waals surface area contributed by atoms with Crippen LogP contribution < -0.4 is 15.4 Å². The number of aliphatic carboxylic acids is 2. The molecule has 0 radical (unpaired) electrons. The van der Waals surface area contributed by atoms with Crippen LogP contribution in [0.5, 0.6) is 11.5 Å². The first-order chi connectivity index (χ1) is 23.2. The van der Waals surface area contributed by atoms with Crippen molar-refractivity contribution in [3.63, 3.8) is 0 Å². The summed E-state index contributed by atoms with van der Waals surface area (Å²) in [5.74, 6) is -5.90. The second kappa shape index (κ2) is 15.0. The Labute approximate surface area is 287 Å². The molecule has 50 heavy (non-hydrogen) atoms. The molecule has 6 atom stereocenters. The van der Waals surface area contributed by atoms with E-state index in [1.54, 1.807) is 12.1 Å². The van der Waals surface area contributed by atoms with Gasteiger partial charge in [0, 0.05) is 25.1 Å². The van der Waals surface area contributed by atoms with Crippen molar-refractivity contribution in [3.05, 3.63) is 35.1 Å². The molecule has 1 aromatic carbocycles. The number of aromatic hydroxyl groups is 1. The van der Waals surface area contributed by atoms with Crippen LogP contribution in [0.2, 0.25) is 0 Å². The van der Waals surface area contributed by atoms with Gasteiger partial charge in [-0.05, 0) is 50.6 Å². The standard InChI is InChI=1S/C32H39N3O14.CH4/c1-35-12-2-8-31-26-16-3-4-17(36)27(26)48-28(31)20(47-24(43)6-10-33-29(45)18(37)14-22(39)40)5-9-32(31,21(35)13-16)49-25(44)7-11-34-30(46)19(38)15-23(41)42;/h3-5,18-19,21,28,36-38H,2,6-15H2,1H3,(H,33,45)(H,34,46)(H,39,40)(H,41,42);1H4/t18-,19-,21+,28-,31-,32+;/m0./s1. The molecule has 17 nitrogen and oxygen atoms in total. The van der Waals surface area contributed by atoms with Gasteiger partial charge in [0.25, 0.3) is 0 Å². The van der Waals surface area contributed by atoms with Crippen molar-refractivity contribution in [1.82, 2.24) is 15.5 Å². The summed E-state index contributed by atoms with van der Waals surface area (Å²) < 4.78 is 18.6. The molecule has 0 aromatic heterocycles. The van der Waals surface area contributed by atoms with E-state index in [2.05, 4.69) is 15.5 Å². The zero-order valence-electron chi connectivity index (χ0n) is 26.7. The Balaban J connectivity index is 0.00000562. The van der Waals surface area contributed by atoms with E-state index in [9.17, 15) is 44.1 Å². The summed E-state index contributed by atoms with van der Waals surface area (Å²) in [6.07, 6.45) is -3.63. The lowest BCUT2D eigenvalue weighted by atomic mass is 9.52. The highest BCUT2D eigenvalue weighted by Gasteiger charge is 2.73. The van der Waals surface area contributed by atoms with Crippen molar-refractivity contribution in [3.8, 4) is 11.5 Å². The van der Waals surface area contributed by atoms with Crippen molar-refractivity contribution >= 4 is 35.7 Å². The van der Waals surface area contributed by atoms with Crippen LogP contribution in [0, 0.1) is 0 Å². The highest BCUT2D eigenvalue weighted by atomic mass is 16.6. The Bertz CT molecular complexity index is 1580. The molecule has 1 aromatic rings. The fraction of sp³-hybridized carbons (Fsp3) is 0.576. The number of nitrogens with one attached hydrogen (secondary N) is 2. The average molecular weight is 706 g/mol. The van der Waals surface area contributed by atoms with E-state index >= 15 is 0 Å². The maximum absolute atomic E-state index is 13.5. The number of carboxylic acids is 2. The molecule has 0 saturated carbocycles. The van der Waals surface area contributed by atoms with Gasteiger partial charge in [0.15, 0.2) is 17.6 Å². The number of hydrogen-bond acceptors (Lipinski definition) is 13. The molecule has 1 spiro atoms. The van der Waals surface area contributed by atoms with Gasteiger partial charge in [-0.2, -0.15) is 0 Å². The number of likely N-dealkylation sites (N-methyl/N-ethyl adjacent to an activating group) is 1. The van der Waals surface area contributed by atoms with E-state index in [0.717, 1.165) is 5.56 Å². The Kier molecular flexibility index (Phi) is 11.4. The number of amides is 2. The van der Waals surface area contributed by atoms with Crippen molar-refractivity contribution in [1.29, 1.82) is 0 Å². The highest BCUT2D eigenvalue weighted by molar-refractivity contribution is 5.86. The number of aliphatic hydroxyl groups is 2. The minimum absolute atomic E-state index is 0. The van der Waals surface area contributed by atoms with Gasteiger partial charge < -0.3 is 50.4 Å². The van der Waals surface area contributed by atoms with Gasteiger partial charge in [0.1, 0.15) is 23.6 Å². The second-order valence-electron chi connectivity index (χ2n) is 12.7. The summed E-state index contributed by atoms with van der Waals surface area (Å²) in [5.41, 5.74) is -0.859. The maximum Gasteiger partial charge on any atom is 0.312 e. The summed E-state index contributed by atoms with van der Waals surface area (Å²) in [4.78, 5) is 74.3. The molecule has 17 heteroatoms. The largest absolute Gasteiger partial charge is 0.504 e. The summed E-state index contributed by atoms with van der Waals surface area (Å²) in [6.45, 7) is 0.151. The number of rotatable bonds is 14. The molecule has 4 aliphatic rings. The van der Waals surface area contributed by atoms with E-state index in [4.69, 9.17) is 24.4 Å². The van der Waals surface area contributed by atoms with Crippen LogP contribution in [0.25, 0.3) is 0 Å². The molecular weight excluding hydrogens is 662 g/mol. The summed E-state index contributed by atoms with van der Waals surface area (Å²) in [7, 11) is 1.92. The number of benzene rings is 1. The molecule has 2 heterocycles.